The summed E-state index contributed by atoms with van der Waals surface area (Å²) in [5, 5.41) is 14.3. The second-order valence-electron chi connectivity index (χ2n) is 16.1. The Balaban J connectivity index is 0.000000472. The molecule has 5 aliphatic rings. The fourth-order valence-corrected chi connectivity index (χ4v) is 9.29. The van der Waals surface area contributed by atoms with E-state index in [1.807, 2.05) is 6.92 Å². The van der Waals surface area contributed by atoms with E-state index in [1.165, 1.54) is 49.7 Å². The molecule has 4 fully saturated rings. The fourth-order valence-electron chi connectivity index (χ4n) is 9.29. The van der Waals surface area contributed by atoms with Crippen molar-refractivity contribution in [3.63, 3.8) is 0 Å². The molecular weight excluding hydrogens is 530 g/mol. The number of aliphatic hydroxyl groups excluding tert-OH is 1. The summed E-state index contributed by atoms with van der Waals surface area (Å²) < 4.78 is 13.0. The third-order valence-electron chi connectivity index (χ3n) is 11.5. The lowest BCUT2D eigenvalue weighted by atomic mass is 9.52. The van der Waals surface area contributed by atoms with Crippen LogP contribution in [-0.2, 0) is 15.9 Å². The molecule has 2 N–H and O–H groups in total. The van der Waals surface area contributed by atoms with Gasteiger partial charge in [-0.15, -0.1) is 0 Å². The first-order chi connectivity index (χ1) is 20.4. The molecule has 1 heterocycles. The van der Waals surface area contributed by atoms with Gasteiger partial charge in [-0.05, 0) is 106 Å². The molecule has 4 heteroatoms. The number of hydrogen-bond acceptors (Lipinski definition) is 4. The lowest BCUT2D eigenvalue weighted by molar-refractivity contribution is -0.312. The van der Waals surface area contributed by atoms with E-state index >= 15 is 0 Å². The van der Waals surface area contributed by atoms with Gasteiger partial charge in [-0.2, -0.15) is 0 Å². The van der Waals surface area contributed by atoms with Gasteiger partial charge in [0.15, 0.2) is 5.79 Å². The van der Waals surface area contributed by atoms with E-state index < -0.39 is 0 Å². The lowest BCUT2D eigenvalue weighted by Crippen LogP contribution is -2.52. The molecule has 6 rings (SSSR count). The van der Waals surface area contributed by atoms with E-state index in [0.717, 1.165) is 51.0 Å². The van der Waals surface area contributed by atoms with Crippen molar-refractivity contribution in [1.29, 1.82) is 0 Å². The van der Waals surface area contributed by atoms with Gasteiger partial charge in [0.05, 0.1) is 19.3 Å². The van der Waals surface area contributed by atoms with Gasteiger partial charge in [-0.25, -0.2) is 0 Å². The minimum atomic E-state index is -0.361. The Morgan fingerprint density at radius 2 is 1.72 bits per heavy atom. The van der Waals surface area contributed by atoms with Crippen LogP contribution < -0.4 is 5.32 Å². The van der Waals surface area contributed by atoms with E-state index in [2.05, 4.69) is 77.7 Å². The molecule has 6 atom stereocenters. The largest absolute Gasteiger partial charge is 0.393 e. The van der Waals surface area contributed by atoms with Crippen molar-refractivity contribution >= 4 is 0 Å². The maximum absolute atomic E-state index is 11.2. The van der Waals surface area contributed by atoms with E-state index in [9.17, 15) is 5.11 Å². The molecule has 1 aliphatic heterocycles. The summed E-state index contributed by atoms with van der Waals surface area (Å²) in [5.74, 6) is 1.95. The predicted octanol–water partition coefficient (Wildman–Crippen LogP) is 9.09. The molecule has 0 radical (unpaired) electrons. The first-order valence-electron chi connectivity index (χ1n) is 17.6. The third-order valence-corrected chi connectivity index (χ3v) is 11.5. The van der Waals surface area contributed by atoms with Crippen molar-refractivity contribution in [1.82, 2.24) is 5.32 Å². The predicted molar refractivity (Wildman–Crippen MR) is 178 cm³/mol. The van der Waals surface area contributed by atoms with Crippen LogP contribution in [0.15, 0.2) is 47.7 Å². The molecule has 0 aromatic heterocycles. The quantitative estimate of drug-likeness (QED) is 0.324. The van der Waals surface area contributed by atoms with E-state index in [0.29, 0.717) is 29.7 Å². The topological polar surface area (TPSA) is 50.7 Å². The van der Waals surface area contributed by atoms with E-state index in [1.54, 1.807) is 11.1 Å². The smallest absolute Gasteiger partial charge is 0.169 e. The van der Waals surface area contributed by atoms with Crippen molar-refractivity contribution in [2.75, 3.05) is 13.2 Å². The fraction of sp³-hybridized carbons (Fsp3) is 0.744. The number of rotatable bonds is 6. The Hall–Kier alpha value is -1.62. The van der Waals surface area contributed by atoms with Gasteiger partial charge in [0.1, 0.15) is 0 Å². The first kappa shape index (κ1) is 32.8. The van der Waals surface area contributed by atoms with Crippen molar-refractivity contribution in [2.45, 2.75) is 143 Å². The lowest BCUT2D eigenvalue weighted by Gasteiger charge is -2.55. The average molecular weight is 592 g/mol. The Labute approximate surface area is 263 Å². The van der Waals surface area contributed by atoms with Gasteiger partial charge in [-0.1, -0.05) is 76.1 Å². The summed E-state index contributed by atoms with van der Waals surface area (Å²) in [4.78, 5) is 0. The Bertz CT molecular complexity index is 1140. The number of aryl methyl sites for hydroxylation is 1. The van der Waals surface area contributed by atoms with Gasteiger partial charge in [0.25, 0.3) is 0 Å². The number of unbranched alkanes of at least 4 members (excludes halogenated alkanes) is 1. The molecule has 240 valence electrons. The van der Waals surface area contributed by atoms with Crippen LogP contribution in [0.2, 0.25) is 0 Å². The number of benzene rings is 1. The first-order valence-corrected chi connectivity index (χ1v) is 17.6. The van der Waals surface area contributed by atoms with Gasteiger partial charge >= 0.3 is 0 Å². The minimum absolute atomic E-state index is 0.0458. The van der Waals surface area contributed by atoms with Crippen LogP contribution >= 0.6 is 0 Å². The Kier molecular flexibility index (Phi) is 9.91. The van der Waals surface area contributed by atoms with Crippen LogP contribution in [0.1, 0.15) is 130 Å². The number of fused-ring (bicyclic) bond motifs is 4. The van der Waals surface area contributed by atoms with Crippen LogP contribution in [-0.4, -0.2) is 36.3 Å². The molecule has 4 aliphatic carbocycles. The zero-order valence-corrected chi connectivity index (χ0v) is 28.4. The second-order valence-corrected chi connectivity index (χ2v) is 16.1. The normalized spacial score (nSPS) is 34.1. The van der Waals surface area contributed by atoms with Crippen LogP contribution in [0, 0.1) is 28.6 Å². The number of aliphatic hydroxyl groups is 1. The molecule has 6 unspecified atom stereocenters. The zero-order chi connectivity index (χ0) is 31.0. The molecule has 1 aromatic rings. The summed E-state index contributed by atoms with van der Waals surface area (Å²) in [6, 6.07) is 10.1. The summed E-state index contributed by atoms with van der Waals surface area (Å²) in [6.45, 7) is 20.6. The maximum Gasteiger partial charge on any atom is 0.169 e. The molecule has 4 nitrogen and oxygen atoms in total. The van der Waals surface area contributed by atoms with Crippen LogP contribution in [0.5, 0.6) is 0 Å². The standard InChI is InChI=1S/C33H48O3.C6H13N/c1-5-6-7-22-8-10-23(11-9-22)27-19-32(4)28(14-15-29(32)34)26-13-12-24-18-33(17-16-25(24)30(26)27)35-20-31(2,3)21-36-33;1-5(2)7-6(3)4/h8-11,24,26-29,34H,5-7,12-21H2,1-4H3;6-7H,1H2,2-4H3. The molecule has 0 amide bonds. The molecular formula is C39H61NO3. The Morgan fingerprint density at radius 1 is 1.02 bits per heavy atom. The van der Waals surface area contributed by atoms with E-state index in [4.69, 9.17) is 9.47 Å². The van der Waals surface area contributed by atoms with Crippen LogP contribution in [0.3, 0.4) is 0 Å². The summed E-state index contributed by atoms with van der Waals surface area (Å²) in [6.07, 6.45) is 12.5. The van der Waals surface area contributed by atoms with Crippen LogP contribution in [0.25, 0.3) is 0 Å². The average Bonchev–Trinajstić information content (AvgIpc) is 3.26. The van der Waals surface area contributed by atoms with Crippen molar-refractivity contribution in [3.8, 4) is 0 Å². The van der Waals surface area contributed by atoms with Gasteiger partial charge in [0, 0.05) is 35.9 Å². The molecule has 43 heavy (non-hydrogen) atoms. The number of hydrogen-bond donors (Lipinski definition) is 2. The Morgan fingerprint density at radius 3 is 2.33 bits per heavy atom. The van der Waals surface area contributed by atoms with Crippen LogP contribution in [0.4, 0.5) is 0 Å². The molecule has 3 saturated carbocycles. The summed E-state index contributed by atoms with van der Waals surface area (Å²) in [5.41, 5.74) is 7.67. The second kappa shape index (κ2) is 13.0. The number of ether oxygens (including phenoxy) is 2. The summed E-state index contributed by atoms with van der Waals surface area (Å²) in [7, 11) is 0. The highest BCUT2D eigenvalue weighted by Gasteiger charge is 2.57. The van der Waals surface area contributed by atoms with Gasteiger partial charge in [0.2, 0.25) is 0 Å². The zero-order valence-electron chi connectivity index (χ0n) is 28.4. The van der Waals surface area contributed by atoms with Gasteiger partial charge < -0.3 is 19.9 Å². The molecule has 1 spiro atoms. The monoisotopic (exact) mass is 591 g/mol. The van der Waals surface area contributed by atoms with Gasteiger partial charge in [-0.3, -0.25) is 0 Å². The highest BCUT2D eigenvalue weighted by molar-refractivity contribution is 5.41. The number of allylic oxidation sites excluding steroid dienone is 3. The molecule has 0 bridgehead atoms. The highest BCUT2D eigenvalue weighted by atomic mass is 16.7. The van der Waals surface area contributed by atoms with Crippen molar-refractivity contribution in [3.05, 3.63) is 58.8 Å². The molecule has 1 aromatic carbocycles. The van der Waals surface area contributed by atoms with Crippen molar-refractivity contribution in [2.24, 2.45) is 28.6 Å². The highest BCUT2D eigenvalue weighted by Crippen LogP contribution is 2.65. The number of nitrogens with one attached hydrogen (secondary N) is 1. The maximum atomic E-state index is 11.2. The summed E-state index contributed by atoms with van der Waals surface area (Å²) >= 11 is 0. The third kappa shape index (κ3) is 6.97. The minimum Gasteiger partial charge on any atom is -0.393 e. The van der Waals surface area contributed by atoms with Crippen molar-refractivity contribution < 1.29 is 14.6 Å². The SMILES string of the molecule is C=C(C)NC(C)C.CCCCc1ccc(C2CC3(C)C(O)CCC3C3CCC4CC5(CCC4=C23)OCC(C)(C)CO5)cc1. The molecule has 1 saturated heterocycles. The van der Waals surface area contributed by atoms with E-state index in [-0.39, 0.29) is 22.7 Å².